The predicted molar refractivity (Wildman–Crippen MR) is 55.8 cm³/mol. The Balaban J connectivity index is 1.80. The highest BCUT2D eigenvalue weighted by atomic mass is 32.2. The standard InChI is InChI=1S/C9H18N2O2S/c10-3-1-8-2-4-11(5-8)9-6-14(12,13)7-9/h8-9H,1-7,10H2. The lowest BCUT2D eigenvalue weighted by molar-refractivity contribution is 0.253. The number of hydrogen-bond acceptors (Lipinski definition) is 4. The summed E-state index contributed by atoms with van der Waals surface area (Å²) in [4.78, 5) is 2.32. The minimum absolute atomic E-state index is 0.308. The van der Waals surface area contributed by atoms with Crippen LogP contribution in [-0.2, 0) is 9.84 Å². The van der Waals surface area contributed by atoms with Crippen LogP contribution in [0.25, 0.3) is 0 Å². The second-order valence-electron chi connectivity index (χ2n) is 4.46. The largest absolute Gasteiger partial charge is 0.330 e. The van der Waals surface area contributed by atoms with Crippen LogP contribution in [0.5, 0.6) is 0 Å². The maximum absolute atomic E-state index is 11.0. The molecule has 0 aliphatic carbocycles. The van der Waals surface area contributed by atoms with Crippen LogP contribution >= 0.6 is 0 Å². The summed E-state index contributed by atoms with van der Waals surface area (Å²) in [5.41, 5.74) is 5.51. The molecule has 0 saturated carbocycles. The van der Waals surface area contributed by atoms with Gasteiger partial charge < -0.3 is 5.73 Å². The highest BCUT2D eigenvalue weighted by molar-refractivity contribution is 7.92. The third kappa shape index (κ3) is 2.10. The molecule has 2 heterocycles. The van der Waals surface area contributed by atoms with Crippen LogP contribution in [0.1, 0.15) is 12.8 Å². The number of likely N-dealkylation sites (tertiary alicyclic amines) is 1. The fraction of sp³-hybridized carbons (Fsp3) is 1.00. The Hall–Kier alpha value is -0.130. The molecule has 2 aliphatic heterocycles. The summed E-state index contributed by atoms with van der Waals surface area (Å²) in [5.74, 6) is 1.45. The van der Waals surface area contributed by atoms with E-state index in [2.05, 4.69) is 4.90 Å². The van der Waals surface area contributed by atoms with Crippen molar-refractivity contribution >= 4 is 9.84 Å². The van der Waals surface area contributed by atoms with Crippen LogP contribution in [0.4, 0.5) is 0 Å². The summed E-state index contributed by atoms with van der Waals surface area (Å²) < 4.78 is 22.0. The zero-order valence-corrected chi connectivity index (χ0v) is 9.17. The summed E-state index contributed by atoms with van der Waals surface area (Å²) in [6.45, 7) is 2.86. The molecule has 2 rings (SSSR count). The molecule has 0 aromatic carbocycles. The van der Waals surface area contributed by atoms with Gasteiger partial charge in [0.05, 0.1) is 11.5 Å². The molecule has 5 heteroatoms. The number of nitrogens with two attached hydrogens (primary N) is 1. The fourth-order valence-electron chi connectivity index (χ4n) is 2.41. The van der Waals surface area contributed by atoms with Gasteiger partial charge in [0.15, 0.2) is 9.84 Å². The second kappa shape index (κ2) is 3.79. The molecule has 2 N–H and O–H groups in total. The summed E-state index contributed by atoms with van der Waals surface area (Å²) in [6.07, 6.45) is 2.27. The molecule has 82 valence electrons. The van der Waals surface area contributed by atoms with Gasteiger partial charge in [0, 0.05) is 12.6 Å². The van der Waals surface area contributed by atoms with Crippen molar-refractivity contribution in [2.24, 2.45) is 11.7 Å². The Morgan fingerprint density at radius 3 is 2.64 bits per heavy atom. The number of rotatable bonds is 3. The highest BCUT2D eigenvalue weighted by Gasteiger charge is 2.39. The Morgan fingerprint density at radius 1 is 1.36 bits per heavy atom. The monoisotopic (exact) mass is 218 g/mol. The van der Waals surface area contributed by atoms with Crippen LogP contribution in [0, 0.1) is 5.92 Å². The van der Waals surface area contributed by atoms with Gasteiger partial charge in [-0.1, -0.05) is 0 Å². The predicted octanol–water partition coefficient (Wildman–Crippen LogP) is -0.546. The third-order valence-corrected chi connectivity index (χ3v) is 5.09. The molecule has 0 aromatic heterocycles. The van der Waals surface area contributed by atoms with E-state index in [0.717, 1.165) is 26.1 Å². The van der Waals surface area contributed by atoms with E-state index in [1.165, 1.54) is 6.42 Å². The van der Waals surface area contributed by atoms with Gasteiger partial charge in [-0.05, 0) is 31.8 Å². The normalized spacial score (nSPS) is 33.1. The summed E-state index contributed by atoms with van der Waals surface area (Å²) in [6, 6.07) is 0.308. The van der Waals surface area contributed by atoms with E-state index < -0.39 is 9.84 Å². The molecule has 0 spiro atoms. The van der Waals surface area contributed by atoms with Crippen molar-refractivity contribution in [3.63, 3.8) is 0 Å². The summed E-state index contributed by atoms with van der Waals surface area (Å²) in [5, 5.41) is 0. The molecule has 14 heavy (non-hydrogen) atoms. The van der Waals surface area contributed by atoms with E-state index in [9.17, 15) is 8.42 Å². The van der Waals surface area contributed by atoms with Gasteiger partial charge in [0.25, 0.3) is 0 Å². The SMILES string of the molecule is NCCC1CCN(C2CS(=O)(=O)C2)C1. The quantitative estimate of drug-likeness (QED) is 0.690. The first-order chi connectivity index (χ1) is 6.61. The smallest absolute Gasteiger partial charge is 0.153 e. The van der Waals surface area contributed by atoms with Gasteiger partial charge in [-0.15, -0.1) is 0 Å². The maximum Gasteiger partial charge on any atom is 0.153 e. The average Bonchev–Trinajstić information content (AvgIpc) is 2.49. The van der Waals surface area contributed by atoms with Gasteiger partial charge in [-0.2, -0.15) is 0 Å². The number of sulfone groups is 1. The van der Waals surface area contributed by atoms with Crippen molar-refractivity contribution in [3.05, 3.63) is 0 Å². The lowest BCUT2D eigenvalue weighted by Crippen LogP contribution is -2.52. The maximum atomic E-state index is 11.0. The first-order valence-electron chi connectivity index (χ1n) is 5.25. The molecular weight excluding hydrogens is 200 g/mol. The molecular formula is C9H18N2O2S. The molecule has 2 saturated heterocycles. The Bertz CT molecular complexity index is 290. The van der Waals surface area contributed by atoms with Crippen molar-refractivity contribution in [1.82, 2.24) is 4.90 Å². The molecule has 2 fully saturated rings. The lowest BCUT2D eigenvalue weighted by atomic mass is 10.1. The van der Waals surface area contributed by atoms with E-state index >= 15 is 0 Å². The minimum atomic E-state index is -2.66. The first kappa shape index (κ1) is 10.4. The van der Waals surface area contributed by atoms with Crippen LogP contribution in [0.3, 0.4) is 0 Å². The number of nitrogens with zero attached hydrogens (tertiary/aromatic N) is 1. The minimum Gasteiger partial charge on any atom is -0.330 e. The zero-order valence-electron chi connectivity index (χ0n) is 8.35. The van der Waals surface area contributed by atoms with Crippen LogP contribution < -0.4 is 5.73 Å². The van der Waals surface area contributed by atoms with Gasteiger partial charge >= 0.3 is 0 Å². The molecule has 1 atom stereocenters. The van der Waals surface area contributed by atoms with Gasteiger partial charge in [-0.25, -0.2) is 8.42 Å². The van der Waals surface area contributed by atoms with E-state index in [1.54, 1.807) is 0 Å². The van der Waals surface area contributed by atoms with Crippen molar-refractivity contribution in [1.29, 1.82) is 0 Å². The molecule has 0 amide bonds. The van der Waals surface area contributed by atoms with Crippen LogP contribution in [0.15, 0.2) is 0 Å². The van der Waals surface area contributed by atoms with Gasteiger partial charge in [-0.3, -0.25) is 4.90 Å². The van der Waals surface area contributed by atoms with Crippen molar-refractivity contribution in [2.45, 2.75) is 18.9 Å². The highest BCUT2D eigenvalue weighted by Crippen LogP contribution is 2.26. The first-order valence-corrected chi connectivity index (χ1v) is 7.07. The third-order valence-electron chi connectivity index (χ3n) is 3.30. The van der Waals surface area contributed by atoms with Crippen molar-refractivity contribution in [2.75, 3.05) is 31.1 Å². The molecule has 0 radical (unpaired) electrons. The average molecular weight is 218 g/mol. The Morgan fingerprint density at radius 2 is 2.07 bits per heavy atom. The summed E-state index contributed by atoms with van der Waals surface area (Å²) >= 11 is 0. The molecule has 2 aliphatic rings. The number of hydrogen-bond donors (Lipinski definition) is 1. The Labute approximate surface area is 85.4 Å². The van der Waals surface area contributed by atoms with E-state index in [1.807, 2.05) is 0 Å². The molecule has 4 nitrogen and oxygen atoms in total. The second-order valence-corrected chi connectivity index (χ2v) is 6.61. The molecule has 0 bridgehead atoms. The van der Waals surface area contributed by atoms with Gasteiger partial charge in [0.1, 0.15) is 0 Å². The Kier molecular flexibility index (Phi) is 2.81. The van der Waals surface area contributed by atoms with E-state index in [4.69, 9.17) is 5.73 Å². The van der Waals surface area contributed by atoms with Gasteiger partial charge in [0.2, 0.25) is 0 Å². The van der Waals surface area contributed by atoms with E-state index in [0.29, 0.717) is 23.5 Å². The topological polar surface area (TPSA) is 63.4 Å². The fourth-order valence-corrected chi connectivity index (χ4v) is 3.91. The molecule has 1 unspecified atom stereocenters. The van der Waals surface area contributed by atoms with Crippen LogP contribution in [0.2, 0.25) is 0 Å². The van der Waals surface area contributed by atoms with Crippen LogP contribution in [-0.4, -0.2) is 50.5 Å². The van der Waals surface area contributed by atoms with Crippen molar-refractivity contribution < 1.29 is 8.42 Å². The lowest BCUT2D eigenvalue weighted by Gasteiger charge is -2.34. The summed E-state index contributed by atoms with van der Waals surface area (Å²) in [7, 11) is -2.66. The van der Waals surface area contributed by atoms with Crippen molar-refractivity contribution in [3.8, 4) is 0 Å². The molecule has 0 aromatic rings. The zero-order chi connectivity index (χ0) is 10.2. The van der Waals surface area contributed by atoms with E-state index in [-0.39, 0.29) is 0 Å².